The largest absolute Gasteiger partial charge is 0.372 e. The molecule has 0 radical (unpaired) electrons. The molecule has 0 saturated carbocycles. The SMILES string of the molecule is O=C1CC(S(=O)(=O)Cl)CN1c1ccc(N2CCCCCC2)cc1. The molecule has 1 atom stereocenters. The number of benzene rings is 1. The van der Waals surface area contributed by atoms with Crippen molar-refractivity contribution in [2.75, 3.05) is 29.4 Å². The Morgan fingerprint density at radius 2 is 1.52 bits per heavy atom. The monoisotopic (exact) mass is 356 g/mol. The fourth-order valence-corrected chi connectivity index (χ4v) is 4.31. The van der Waals surface area contributed by atoms with E-state index in [4.69, 9.17) is 10.7 Å². The molecule has 2 saturated heterocycles. The van der Waals surface area contributed by atoms with Crippen LogP contribution in [0.4, 0.5) is 11.4 Å². The van der Waals surface area contributed by atoms with Gasteiger partial charge >= 0.3 is 0 Å². The summed E-state index contributed by atoms with van der Waals surface area (Å²) in [6, 6.07) is 7.80. The van der Waals surface area contributed by atoms with Crippen molar-refractivity contribution in [3.63, 3.8) is 0 Å². The first-order valence-electron chi connectivity index (χ1n) is 8.04. The van der Waals surface area contributed by atoms with Gasteiger partial charge in [-0.05, 0) is 37.1 Å². The van der Waals surface area contributed by atoms with Gasteiger partial charge in [0.15, 0.2) is 0 Å². The average molecular weight is 357 g/mol. The molecule has 1 amide bonds. The summed E-state index contributed by atoms with van der Waals surface area (Å²) in [6.45, 7) is 2.26. The van der Waals surface area contributed by atoms with Crippen molar-refractivity contribution in [3.8, 4) is 0 Å². The van der Waals surface area contributed by atoms with Crippen molar-refractivity contribution in [3.05, 3.63) is 24.3 Å². The van der Waals surface area contributed by atoms with Crippen LogP contribution in [0.15, 0.2) is 24.3 Å². The van der Waals surface area contributed by atoms with E-state index in [0.29, 0.717) is 0 Å². The molecule has 3 rings (SSSR count). The maximum atomic E-state index is 12.1. The first-order valence-corrected chi connectivity index (χ1v) is 10.4. The third-order valence-electron chi connectivity index (χ3n) is 4.62. The van der Waals surface area contributed by atoms with Crippen molar-refractivity contribution < 1.29 is 13.2 Å². The van der Waals surface area contributed by atoms with Crippen LogP contribution in [-0.2, 0) is 13.8 Å². The van der Waals surface area contributed by atoms with Crippen molar-refractivity contribution in [1.82, 2.24) is 0 Å². The molecule has 2 aliphatic rings. The summed E-state index contributed by atoms with van der Waals surface area (Å²) in [7, 11) is 1.68. The molecule has 0 bridgehead atoms. The van der Waals surface area contributed by atoms with E-state index in [9.17, 15) is 13.2 Å². The summed E-state index contributed by atoms with van der Waals surface area (Å²) < 4.78 is 22.9. The van der Waals surface area contributed by atoms with E-state index < -0.39 is 14.3 Å². The first-order chi connectivity index (χ1) is 10.9. The van der Waals surface area contributed by atoms with Gasteiger partial charge in [0, 0.05) is 48.1 Å². The van der Waals surface area contributed by atoms with E-state index in [1.54, 1.807) is 0 Å². The van der Waals surface area contributed by atoms with Crippen LogP contribution >= 0.6 is 10.7 Å². The topological polar surface area (TPSA) is 57.7 Å². The number of carbonyl (C=O) groups is 1. The molecule has 1 aromatic rings. The zero-order valence-corrected chi connectivity index (χ0v) is 14.5. The van der Waals surface area contributed by atoms with E-state index in [-0.39, 0.29) is 18.9 Å². The number of halogens is 1. The van der Waals surface area contributed by atoms with Gasteiger partial charge in [0.25, 0.3) is 0 Å². The Labute approximate surface area is 141 Å². The van der Waals surface area contributed by atoms with E-state index in [1.807, 2.05) is 24.3 Å². The van der Waals surface area contributed by atoms with Gasteiger partial charge in [0.2, 0.25) is 15.0 Å². The molecule has 2 heterocycles. The van der Waals surface area contributed by atoms with E-state index in [1.165, 1.54) is 30.6 Å². The van der Waals surface area contributed by atoms with E-state index in [2.05, 4.69) is 4.90 Å². The van der Waals surface area contributed by atoms with Crippen LogP contribution < -0.4 is 9.80 Å². The fraction of sp³-hybridized carbons (Fsp3) is 0.562. The second-order valence-corrected chi connectivity index (χ2v) is 9.13. The summed E-state index contributed by atoms with van der Waals surface area (Å²) in [5.74, 6) is -0.193. The van der Waals surface area contributed by atoms with Crippen LogP contribution in [0.2, 0.25) is 0 Å². The number of hydrogen-bond acceptors (Lipinski definition) is 4. The number of anilines is 2. The quantitative estimate of drug-likeness (QED) is 0.781. The lowest BCUT2D eigenvalue weighted by atomic mass is 10.2. The third kappa shape index (κ3) is 3.80. The minimum Gasteiger partial charge on any atom is -0.372 e. The van der Waals surface area contributed by atoms with Crippen LogP contribution in [0.1, 0.15) is 32.1 Å². The molecule has 1 aromatic carbocycles. The maximum Gasteiger partial charge on any atom is 0.237 e. The van der Waals surface area contributed by atoms with Crippen LogP contribution in [0.3, 0.4) is 0 Å². The zero-order valence-electron chi connectivity index (χ0n) is 12.9. The molecule has 0 aromatic heterocycles. The van der Waals surface area contributed by atoms with E-state index >= 15 is 0 Å². The number of hydrogen-bond donors (Lipinski definition) is 0. The Balaban J connectivity index is 1.73. The highest BCUT2D eigenvalue weighted by atomic mass is 35.7. The summed E-state index contributed by atoms with van der Waals surface area (Å²) in [5, 5.41) is -0.818. The Kier molecular flexibility index (Phi) is 4.82. The Bertz CT molecular complexity index is 667. The van der Waals surface area contributed by atoms with Crippen LogP contribution in [0.5, 0.6) is 0 Å². The third-order valence-corrected chi connectivity index (χ3v) is 6.49. The highest BCUT2D eigenvalue weighted by Crippen LogP contribution is 2.29. The molecule has 0 spiro atoms. The molecule has 1 unspecified atom stereocenters. The maximum absolute atomic E-state index is 12.1. The van der Waals surface area contributed by atoms with Gasteiger partial charge < -0.3 is 9.80 Å². The van der Waals surface area contributed by atoms with Crippen molar-refractivity contribution in [1.29, 1.82) is 0 Å². The number of nitrogens with zero attached hydrogens (tertiary/aromatic N) is 2. The van der Waals surface area contributed by atoms with Gasteiger partial charge in [-0.3, -0.25) is 4.79 Å². The lowest BCUT2D eigenvalue weighted by Gasteiger charge is -2.24. The first kappa shape index (κ1) is 16.6. The predicted octanol–water partition coefficient (Wildman–Crippen LogP) is 2.74. The summed E-state index contributed by atoms with van der Waals surface area (Å²) in [5.41, 5.74) is 1.89. The van der Waals surface area contributed by atoms with Crippen molar-refractivity contribution >= 4 is 37.0 Å². The average Bonchev–Trinajstić information content (AvgIpc) is 2.74. The van der Waals surface area contributed by atoms with Gasteiger partial charge in [-0.2, -0.15) is 0 Å². The minimum absolute atomic E-state index is 0.0420. The predicted molar refractivity (Wildman–Crippen MR) is 92.7 cm³/mol. The number of carbonyl (C=O) groups excluding carboxylic acids is 1. The van der Waals surface area contributed by atoms with E-state index in [0.717, 1.165) is 24.5 Å². The van der Waals surface area contributed by atoms with Crippen LogP contribution in [0.25, 0.3) is 0 Å². The summed E-state index contributed by atoms with van der Waals surface area (Å²) in [4.78, 5) is 15.9. The Morgan fingerprint density at radius 1 is 0.957 bits per heavy atom. The van der Waals surface area contributed by atoms with Crippen LogP contribution in [-0.4, -0.2) is 39.2 Å². The van der Waals surface area contributed by atoms with Crippen molar-refractivity contribution in [2.24, 2.45) is 0 Å². The zero-order chi connectivity index (χ0) is 16.4. The summed E-state index contributed by atoms with van der Waals surface area (Å²) >= 11 is 0. The number of amides is 1. The lowest BCUT2D eigenvalue weighted by molar-refractivity contribution is -0.117. The minimum atomic E-state index is -3.70. The summed E-state index contributed by atoms with van der Waals surface area (Å²) in [6.07, 6.45) is 4.94. The van der Waals surface area contributed by atoms with Gasteiger partial charge in [-0.25, -0.2) is 8.42 Å². The molecule has 7 heteroatoms. The molecular weight excluding hydrogens is 336 g/mol. The Hall–Kier alpha value is -1.27. The molecule has 0 aliphatic carbocycles. The van der Waals surface area contributed by atoms with Crippen molar-refractivity contribution in [2.45, 2.75) is 37.4 Å². The molecular formula is C16H21ClN2O3S. The normalized spacial score (nSPS) is 23.2. The highest BCUT2D eigenvalue weighted by Gasteiger charge is 2.37. The van der Waals surface area contributed by atoms with Gasteiger partial charge in [0.05, 0.1) is 0 Å². The fourth-order valence-electron chi connectivity index (χ4n) is 3.29. The molecule has 5 nitrogen and oxygen atoms in total. The molecule has 0 N–H and O–H groups in total. The highest BCUT2D eigenvalue weighted by molar-refractivity contribution is 8.14. The van der Waals surface area contributed by atoms with Crippen LogP contribution in [0, 0.1) is 0 Å². The lowest BCUT2D eigenvalue weighted by Crippen LogP contribution is -2.27. The van der Waals surface area contributed by atoms with Gasteiger partial charge in [0.1, 0.15) is 5.25 Å². The van der Waals surface area contributed by atoms with Gasteiger partial charge in [-0.1, -0.05) is 12.8 Å². The molecule has 126 valence electrons. The Morgan fingerprint density at radius 3 is 2.04 bits per heavy atom. The second kappa shape index (κ2) is 6.69. The molecule has 23 heavy (non-hydrogen) atoms. The standard InChI is InChI=1S/C16H21ClN2O3S/c17-23(21,22)15-11-16(20)19(12-15)14-7-5-13(6-8-14)18-9-3-1-2-4-10-18/h5-8,15H,1-4,9-12H2. The smallest absolute Gasteiger partial charge is 0.237 e. The molecule has 2 aliphatic heterocycles. The number of rotatable bonds is 3. The molecule has 2 fully saturated rings. The van der Waals surface area contributed by atoms with Gasteiger partial charge in [-0.15, -0.1) is 0 Å². The second-order valence-electron chi connectivity index (χ2n) is 6.22.